The molecule has 0 bridgehead atoms. The van der Waals surface area contributed by atoms with E-state index >= 15 is 0 Å². The molecule has 0 atom stereocenters. The van der Waals surface area contributed by atoms with Crippen LogP contribution >= 0.6 is 0 Å². The molecule has 0 spiro atoms. The highest BCUT2D eigenvalue weighted by Gasteiger charge is 2.25. The zero-order chi connectivity index (χ0) is 13.8. The highest BCUT2D eigenvalue weighted by Crippen LogP contribution is 2.24. The molecule has 0 radical (unpaired) electrons. The van der Waals surface area contributed by atoms with Crippen molar-refractivity contribution in [2.45, 2.75) is 25.3 Å². The van der Waals surface area contributed by atoms with Gasteiger partial charge >= 0.3 is 5.97 Å². The lowest BCUT2D eigenvalue weighted by molar-refractivity contribution is -0.131. The van der Waals surface area contributed by atoms with Crippen LogP contribution in [0.2, 0.25) is 0 Å². The van der Waals surface area contributed by atoms with Gasteiger partial charge in [0.25, 0.3) is 0 Å². The van der Waals surface area contributed by atoms with Crippen LogP contribution in [0.5, 0.6) is 0 Å². The molecule has 1 aliphatic rings. The smallest absolute Gasteiger partial charge is 0.352 e. The van der Waals surface area contributed by atoms with Gasteiger partial charge in [0.1, 0.15) is 5.69 Å². The van der Waals surface area contributed by atoms with Crippen LogP contribution in [0, 0.1) is 12.3 Å². The Hall–Kier alpha value is -2.22. The summed E-state index contributed by atoms with van der Waals surface area (Å²) in [5.74, 6) is 1.41. The molecule has 0 unspecified atom stereocenters. The fraction of sp³-hybridized carbons (Fsp3) is 0.429. The van der Waals surface area contributed by atoms with Crippen molar-refractivity contribution >= 4 is 11.9 Å². The Labute approximate surface area is 111 Å². The van der Waals surface area contributed by atoms with E-state index in [4.69, 9.17) is 11.5 Å². The molecule has 0 aliphatic carbocycles. The second-order valence-electron chi connectivity index (χ2n) is 4.60. The lowest BCUT2D eigenvalue weighted by Crippen LogP contribution is -2.39. The molecule has 1 aliphatic heterocycles. The van der Waals surface area contributed by atoms with Crippen molar-refractivity contribution in [3.8, 4) is 12.3 Å². The van der Waals surface area contributed by atoms with Crippen molar-refractivity contribution < 1.29 is 14.7 Å². The molecule has 1 aromatic heterocycles. The Morgan fingerprint density at radius 2 is 2.11 bits per heavy atom. The lowest BCUT2D eigenvalue weighted by atomic mass is 10.0. The number of hydrogen-bond donors (Lipinski definition) is 1. The van der Waals surface area contributed by atoms with Crippen molar-refractivity contribution in [1.82, 2.24) is 9.47 Å². The summed E-state index contributed by atoms with van der Waals surface area (Å²) in [7, 11) is 0. The number of piperidine rings is 1. The van der Waals surface area contributed by atoms with Crippen LogP contribution in [0.15, 0.2) is 18.3 Å². The Morgan fingerprint density at radius 3 is 2.68 bits per heavy atom. The van der Waals surface area contributed by atoms with E-state index in [2.05, 4.69) is 5.92 Å². The van der Waals surface area contributed by atoms with Gasteiger partial charge in [-0.2, -0.15) is 0 Å². The summed E-state index contributed by atoms with van der Waals surface area (Å²) in [6.45, 7) is 1.25. The average molecular weight is 260 g/mol. The van der Waals surface area contributed by atoms with Crippen molar-refractivity contribution in [1.29, 1.82) is 0 Å². The number of nitrogens with zero attached hydrogens (tertiary/aromatic N) is 2. The fourth-order valence-corrected chi connectivity index (χ4v) is 2.49. The molecule has 2 heterocycles. The number of carboxylic acids is 1. The lowest BCUT2D eigenvalue weighted by Gasteiger charge is -2.33. The summed E-state index contributed by atoms with van der Waals surface area (Å²) in [5.41, 5.74) is 0.299. The summed E-state index contributed by atoms with van der Waals surface area (Å²) < 4.78 is 1.78. The van der Waals surface area contributed by atoms with Gasteiger partial charge in [0.2, 0.25) is 5.91 Å². The Balaban J connectivity index is 2.00. The number of carbonyl (C=O) groups excluding carboxylic acids is 1. The number of carboxylic acid groups (broad SMARTS) is 1. The molecule has 1 aromatic rings. The molecule has 19 heavy (non-hydrogen) atoms. The van der Waals surface area contributed by atoms with Crippen molar-refractivity contribution in [2.75, 3.05) is 13.1 Å². The normalized spacial score (nSPS) is 16.1. The summed E-state index contributed by atoms with van der Waals surface area (Å²) in [4.78, 5) is 24.5. The minimum Gasteiger partial charge on any atom is -0.477 e. The third kappa shape index (κ3) is 2.79. The summed E-state index contributed by atoms with van der Waals surface area (Å²) in [5, 5.41) is 9.09. The van der Waals surface area contributed by atoms with Crippen LogP contribution < -0.4 is 0 Å². The quantitative estimate of drug-likeness (QED) is 0.835. The molecule has 0 saturated carbocycles. The van der Waals surface area contributed by atoms with Crippen molar-refractivity contribution in [3.63, 3.8) is 0 Å². The molecule has 0 aromatic carbocycles. The van der Waals surface area contributed by atoms with E-state index in [1.54, 1.807) is 27.8 Å². The van der Waals surface area contributed by atoms with E-state index in [-0.39, 0.29) is 18.4 Å². The van der Waals surface area contributed by atoms with Gasteiger partial charge in [-0.3, -0.25) is 4.79 Å². The monoisotopic (exact) mass is 260 g/mol. The van der Waals surface area contributed by atoms with Crippen LogP contribution in [-0.4, -0.2) is 39.5 Å². The first kappa shape index (κ1) is 13.2. The van der Waals surface area contributed by atoms with E-state index < -0.39 is 5.97 Å². The van der Waals surface area contributed by atoms with E-state index in [1.807, 2.05) is 0 Å². The van der Waals surface area contributed by atoms with Crippen LogP contribution in [0.4, 0.5) is 0 Å². The van der Waals surface area contributed by atoms with Gasteiger partial charge in [-0.15, -0.1) is 6.42 Å². The first-order valence-electron chi connectivity index (χ1n) is 6.25. The van der Waals surface area contributed by atoms with Gasteiger partial charge < -0.3 is 14.6 Å². The summed E-state index contributed by atoms with van der Waals surface area (Å²) in [6, 6.07) is 3.47. The van der Waals surface area contributed by atoms with E-state index in [9.17, 15) is 9.59 Å². The molecule has 2 rings (SSSR count). The van der Waals surface area contributed by atoms with E-state index in [0.29, 0.717) is 18.8 Å². The predicted molar refractivity (Wildman–Crippen MR) is 69.7 cm³/mol. The highest BCUT2D eigenvalue weighted by molar-refractivity contribution is 5.85. The third-order valence-electron chi connectivity index (χ3n) is 3.46. The minimum absolute atomic E-state index is 0.0214. The molecule has 1 fully saturated rings. The van der Waals surface area contributed by atoms with Crippen LogP contribution in [0.1, 0.15) is 35.8 Å². The molecule has 5 nitrogen and oxygen atoms in total. The van der Waals surface area contributed by atoms with Gasteiger partial charge in [-0.05, 0) is 25.0 Å². The maximum atomic E-state index is 11.6. The van der Waals surface area contributed by atoms with Crippen LogP contribution in [0.25, 0.3) is 0 Å². The SMILES string of the molecule is C#CCC(=O)N1CCC(n2cccc2C(=O)O)CC1. The Kier molecular flexibility index (Phi) is 3.91. The maximum Gasteiger partial charge on any atom is 0.352 e. The van der Waals surface area contributed by atoms with Gasteiger partial charge in [0.15, 0.2) is 0 Å². The zero-order valence-corrected chi connectivity index (χ0v) is 10.6. The summed E-state index contributed by atoms with van der Waals surface area (Å²) in [6.07, 6.45) is 8.56. The predicted octanol–water partition coefficient (Wildman–Crippen LogP) is 1.37. The standard InChI is InChI=1S/C14H16N2O3/c1-2-4-13(17)15-9-6-11(7-10-15)16-8-3-5-12(16)14(18)19/h1,3,5,8,11H,4,6-7,9-10H2,(H,18,19). The number of amides is 1. The first-order valence-corrected chi connectivity index (χ1v) is 6.25. The Morgan fingerprint density at radius 1 is 1.42 bits per heavy atom. The van der Waals surface area contributed by atoms with Crippen LogP contribution in [0.3, 0.4) is 0 Å². The average Bonchev–Trinajstić information content (AvgIpc) is 2.88. The van der Waals surface area contributed by atoms with E-state index in [0.717, 1.165) is 12.8 Å². The second-order valence-corrected chi connectivity index (χ2v) is 4.60. The molecule has 100 valence electrons. The maximum absolute atomic E-state index is 11.6. The fourth-order valence-electron chi connectivity index (χ4n) is 2.49. The molecular formula is C14H16N2O3. The number of hydrogen-bond acceptors (Lipinski definition) is 2. The van der Waals surface area contributed by atoms with Gasteiger partial charge in [0, 0.05) is 25.3 Å². The van der Waals surface area contributed by atoms with Gasteiger partial charge in [-0.25, -0.2) is 4.79 Å². The van der Waals surface area contributed by atoms with Crippen molar-refractivity contribution in [2.24, 2.45) is 0 Å². The molecule has 1 amide bonds. The minimum atomic E-state index is -0.921. The summed E-state index contributed by atoms with van der Waals surface area (Å²) >= 11 is 0. The number of carbonyl (C=O) groups is 2. The molecule has 1 N–H and O–H groups in total. The molecular weight excluding hydrogens is 244 g/mol. The number of likely N-dealkylation sites (tertiary alicyclic amines) is 1. The third-order valence-corrected chi connectivity index (χ3v) is 3.46. The van der Waals surface area contributed by atoms with Gasteiger partial charge in [-0.1, -0.05) is 5.92 Å². The first-order chi connectivity index (χ1) is 9.13. The second kappa shape index (κ2) is 5.61. The molecule has 5 heteroatoms. The number of aromatic nitrogens is 1. The highest BCUT2D eigenvalue weighted by atomic mass is 16.4. The Bertz CT molecular complexity index is 519. The number of aromatic carboxylic acids is 1. The van der Waals surface area contributed by atoms with Crippen LogP contribution in [-0.2, 0) is 4.79 Å². The largest absolute Gasteiger partial charge is 0.477 e. The van der Waals surface area contributed by atoms with Gasteiger partial charge in [0.05, 0.1) is 6.42 Å². The van der Waals surface area contributed by atoms with Crippen molar-refractivity contribution in [3.05, 3.63) is 24.0 Å². The number of terminal acetylenes is 1. The molecule has 1 saturated heterocycles. The topological polar surface area (TPSA) is 62.5 Å². The number of rotatable bonds is 3. The van der Waals surface area contributed by atoms with E-state index in [1.165, 1.54) is 0 Å². The zero-order valence-electron chi connectivity index (χ0n) is 10.6.